The molecule has 1 heterocycles. The largest absolute Gasteiger partial charge is 0.478 e. The maximum atomic E-state index is 11.5. The third-order valence-electron chi connectivity index (χ3n) is 4.37. The minimum Gasteiger partial charge on any atom is -0.478 e. The summed E-state index contributed by atoms with van der Waals surface area (Å²) in [4.78, 5) is 11.5. The van der Waals surface area contributed by atoms with Gasteiger partial charge in [-0.3, -0.25) is 0 Å². The molecule has 3 aromatic rings. The van der Waals surface area contributed by atoms with Crippen molar-refractivity contribution >= 4 is 16.9 Å². The first-order chi connectivity index (χ1) is 11.5. The highest BCUT2D eigenvalue weighted by molar-refractivity contribution is 6.04. The van der Waals surface area contributed by atoms with Crippen LogP contribution in [0.1, 0.15) is 36.7 Å². The lowest BCUT2D eigenvalue weighted by Crippen LogP contribution is -2.03. The number of benzene rings is 2. The normalized spacial score (nSPS) is 11.3. The molecule has 3 rings (SSSR count). The Bertz CT molecular complexity index is 873. The van der Waals surface area contributed by atoms with Crippen molar-refractivity contribution in [2.24, 2.45) is 5.92 Å². The quantitative estimate of drug-likeness (QED) is 0.699. The molecule has 0 atom stereocenters. The van der Waals surface area contributed by atoms with E-state index in [2.05, 4.69) is 55.7 Å². The van der Waals surface area contributed by atoms with Crippen LogP contribution in [0.4, 0.5) is 0 Å². The number of hydrogen-bond acceptors (Lipinski definition) is 1. The van der Waals surface area contributed by atoms with Crippen molar-refractivity contribution in [3.63, 3.8) is 0 Å². The summed E-state index contributed by atoms with van der Waals surface area (Å²) >= 11 is 0. The Balaban J connectivity index is 2.12. The maximum absolute atomic E-state index is 11.5. The number of nitrogens with zero attached hydrogens (tertiary/aromatic N) is 1. The average Bonchev–Trinajstić information content (AvgIpc) is 2.92. The first-order valence-corrected chi connectivity index (χ1v) is 8.45. The molecule has 0 bridgehead atoms. The van der Waals surface area contributed by atoms with Crippen molar-refractivity contribution < 1.29 is 9.90 Å². The van der Waals surface area contributed by atoms with E-state index in [-0.39, 0.29) is 0 Å². The van der Waals surface area contributed by atoms with Crippen LogP contribution in [0.15, 0.2) is 48.7 Å². The zero-order chi connectivity index (χ0) is 17.3. The third kappa shape index (κ3) is 3.07. The molecule has 0 amide bonds. The number of aromatic nitrogens is 1. The van der Waals surface area contributed by atoms with Gasteiger partial charge in [0.15, 0.2) is 0 Å². The van der Waals surface area contributed by atoms with Crippen LogP contribution >= 0.6 is 0 Å². The molecule has 0 unspecified atom stereocenters. The fraction of sp³-hybridized carbons (Fsp3) is 0.286. The summed E-state index contributed by atoms with van der Waals surface area (Å²) in [5.74, 6) is -0.419. The number of hydrogen-bond donors (Lipinski definition) is 1. The molecule has 3 nitrogen and oxygen atoms in total. The molecule has 0 aliphatic rings. The molecule has 0 saturated heterocycles. The average molecular weight is 321 g/mol. The predicted molar refractivity (Wildman–Crippen MR) is 98.5 cm³/mol. The summed E-state index contributed by atoms with van der Waals surface area (Å²) in [7, 11) is 0. The number of fused-ring (bicyclic) bond motifs is 1. The van der Waals surface area contributed by atoms with Crippen molar-refractivity contribution in [2.75, 3.05) is 0 Å². The lowest BCUT2D eigenvalue weighted by molar-refractivity contribution is 0.0698. The summed E-state index contributed by atoms with van der Waals surface area (Å²) in [5, 5.41) is 10.3. The first kappa shape index (κ1) is 16.3. The molecule has 0 saturated carbocycles. The number of carboxylic acids is 1. The molecule has 0 spiro atoms. The predicted octanol–water partition coefficient (Wildman–Crippen LogP) is 5.22. The van der Waals surface area contributed by atoms with E-state index in [1.165, 1.54) is 5.56 Å². The summed E-state index contributed by atoms with van der Waals surface area (Å²) in [6, 6.07) is 14.6. The molecule has 0 aliphatic heterocycles. The second kappa shape index (κ2) is 6.52. The van der Waals surface area contributed by atoms with Crippen LogP contribution in [-0.2, 0) is 13.0 Å². The van der Waals surface area contributed by atoms with Crippen LogP contribution in [0.3, 0.4) is 0 Å². The van der Waals surface area contributed by atoms with Crippen molar-refractivity contribution in [3.8, 4) is 11.1 Å². The number of aryl methyl sites for hydroxylation is 1. The molecule has 0 fully saturated rings. The van der Waals surface area contributed by atoms with Gasteiger partial charge in [-0.05, 0) is 35.1 Å². The first-order valence-electron chi connectivity index (χ1n) is 8.45. The van der Waals surface area contributed by atoms with Crippen molar-refractivity contribution in [2.45, 2.75) is 33.7 Å². The lowest BCUT2D eigenvalue weighted by atomic mass is 10.0. The second-order valence-electron chi connectivity index (χ2n) is 6.68. The van der Waals surface area contributed by atoms with Gasteiger partial charge in [0.1, 0.15) is 0 Å². The topological polar surface area (TPSA) is 42.2 Å². The summed E-state index contributed by atoms with van der Waals surface area (Å²) in [6.07, 6.45) is 2.79. The fourth-order valence-electron chi connectivity index (χ4n) is 3.12. The molecule has 2 aromatic carbocycles. The Morgan fingerprint density at radius 3 is 2.33 bits per heavy atom. The van der Waals surface area contributed by atoms with E-state index >= 15 is 0 Å². The SMILES string of the molecule is CCc1ccc(-c2ccc3c(C(=O)O)cn(CC(C)C)c3c2)cc1. The number of rotatable bonds is 5. The smallest absolute Gasteiger partial charge is 0.337 e. The molecular weight excluding hydrogens is 298 g/mol. The Kier molecular flexibility index (Phi) is 4.43. The van der Waals surface area contributed by atoms with Gasteiger partial charge in [-0.2, -0.15) is 0 Å². The Morgan fingerprint density at radius 2 is 1.75 bits per heavy atom. The van der Waals surface area contributed by atoms with Crippen molar-refractivity contribution in [3.05, 3.63) is 59.8 Å². The molecule has 24 heavy (non-hydrogen) atoms. The van der Waals surface area contributed by atoms with Crippen LogP contribution in [0, 0.1) is 5.92 Å². The standard InChI is InChI=1S/C21H23NO2/c1-4-15-5-7-16(8-6-15)17-9-10-18-19(21(23)24)13-22(12-14(2)3)20(18)11-17/h5-11,13-14H,4,12H2,1-3H3,(H,23,24). The maximum Gasteiger partial charge on any atom is 0.337 e. The van der Waals surface area contributed by atoms with Gasteiger partial charge < -0.3 is 9.67 Å². The zero-order valence-corrected chi connectivity index (χ0v) is 14.4. The Labute approximate surface area is 142 Å². The van der Waals surface area contributed by atoms with Gasteiger partial charge in [0.25, 0.3) is 0 Å². The van der Waals surface area contributed by atoms with Gasteiger partial charge in [0, 0.05) is 23.6 Å². The minimum atomic E-state index is -0.873. The van der Waals surface area contributed by atoms with Crippen molar-refractivity contribution in [1.29, 1.82) is 0 Å². The van der Waals surface area contributed by atoms with E-state index in [4.69, 9.17) is 0 Å². The molecule has 3 heteroatoms. The van der Waals surface area contributed by atoms with Gasteiger partial charge in [-0.1, -0.05) is 57.2 Å². The molecule has 0 radical (unpaired) electrons. The van der Waals surface area contributed by atoms with Crippen LogP contribution in [0.2, 0.25) is 0 Å². The van der Waals surface area contributed by atoms with Crippen LogP contribution < -0.4 is 0 Å². The molecular formula is C21H23NO2. The van der Waals surface area contributed by atoms with E-state index in [1.807, 2.05) is 12.1 Å². The van der Waals surface area contributed by atoms with E-state index in [0.717, 1.165) is 35.0 Å². The highest BCUT2D eigenvalue weighted by atomic mass is 16.4. The minimum absolute atomic E-state index is 0.374. The van der Waals surface area contributed by atoms with E-state index in [1.54, 1.807) is 6.20 Å². The van der Waals surface area contributed by atoms with E-state index in [0.29, 0.717) is 11.5 Å². The van der Waals surface area contributed by atoms with Gasteiger partial charge in [0.2, 0.25) is 0 Å². The number of aromatic carboxylic acids is 1. The van der Waals surface area contributed by atoms with Gasteiger partial charge in [-0.15, -0.1) is 0 Å². The van der Waals surface area contributed by atoms with E-state index < -0.39 is 5.97 Å². The van der Waals surface area contributed by atoms with Gasteiger partial charge in [0.05, 0.1) is 5.56 Å². The van der Waals surface area contributed by atoms with Crippen molar-refractivity contribution in [1.82, 2.24) is 4.57 Å². The molecule has 1 N–H and O–H groups in total. The fourth-order valence-corrected chi connectivity index (χ4v) is 3.12. The second-order valence-corrected chi connectivity index (χ2v) is 6.68. The van der Waals surface area contributed by atoms with Gasteiger partial charge in [-0.25, -0.2) is 4.79 Å². The van der Waals surface area contributed by atoms with Gasteiger partial charge >= 0.3 is 5.97 Å². The van der Waals surface area contributed by atoms with E-state index in [9.17, 15) is 9.90 Å². The summed E-state index contributed by atoms with van der Waals surface area (Å²) in [5.41, 5.74) is 4.95. The van der Waals surface area contributed by atoms with Crippen LogP contribution in [0.25, 0.3) is 22.0 Å². The molecule has 124 valence electrons. The van der Waals surface area contributed by atoms with Crippen LogP contribution in [-0.4, -0.2) is 15.6 Å². The lowest BCUT2D eigenvalue weighted by Gasteiger charge is -2.09. The summed E-state index contributed by atoms with van der Waals surface area (Å²) in [6.45, 7) is 7.23. The Morgan fingerprint density at radius 1 is 1.08 bits per heavy atom. The highest BCUT2D eigenvalue weighted by Crippen LogP contribution is 2.29. The summed E-state index contributed by atoms with van der Waals surface area (Å²) < 4.78 is 2.06. The zero-order valence-electron chi connectivity index (χ0n) is 14.4. The third-order valence-corrected chi connectivity index (χ3v) is 4.37. The van der Waals surface area contributed by atoms with Crippen LogP contribution in [0.5, 0.6) is 0 Å². The molecule has 1 aromatic heterocycles. The number of carboxylic acid groups (broad SMARTS) is 1. The Hall–Kier alpha value is -2.55. The monoisotopic (exact) mass is 321 g/mol. The highest BCUT2D eigenvalue weighted by Gasteiger charge is 2.15. The number of carbonyl (C=O) groups is 1. The molecule has 0 aliphatic carbocycles.